The van der Waals surface area contributed by atoms with Crippen LogP contribution < -0.4 is 25.8 Å². The highest BCUT2D eigenvalue weighted by Gasteiger charge is 2.30. The molecule has 2 heterocycles. The summed E-state index contributed by atoms with van der Waals surface area (Å²) in [5.41, 5.74) is 2.74. The fourth-order valence-electron chi connectivity index (χ4n) is 4.08. The Morgan fingerprint density at radius 2 is 2.06 bits per heavy atom. The van der Waals surface area contributed by atoms with E-state index in [-0.39, 0.29) is 23.5 Å². The number of rotatable bonds is 7. The Morgan fingerprint density at radius 1 is 1.26 bits per heavy atom. The Balaban J connectivity index is 1.66. The van der Waals surface area contributed by atoms with Crippen LogP contribution in [-0.2, 0) is 6.42 Å². The van der Waals surface area contributed by atoms with Crippen molar-refractivity contribution in [3.05, 3.63) is 79.8 Å². The maximum Gasteiger partial charge on any atom is 0.335 e. The molecule has 0 amide bonds. The molecule has 0 radical (unpaired) electrons. The molecule has 1 aliphatic rings. The predicted molar refractivity (Wildman–Crippen MR) is 134 cm³/mol. The largest absolute Gasteiger partial charge is 0.495 e. The molecule has 4 rings (SSSR count). The number of anilines is 2. The summed E-state index contributed by atoms with van der Waals surface area (Å²) in [7, 11) is 1.51. The third-order valence-electron chi connectivity index (χ3n) is 5.78. The average Bonchev–Trinajstić information content (AvgIpc) is 2.81. The second-order valence-corrected chi connectivity index (χ2v) is 8.91. The minimum Gasteiger partial charge on any atom is -0.495 e. The number of ether oxygens (including phenoxy) is 1. The first kappa shape index (κ1) is 23.8. The second-order valence-electron chi connectivity index (χ2n) is 7.99. The number of aromatic amines is 1. The van der Waals surface area contributed by atoms with E-state index in [2.05, 4.69) is 36.5 Å². The van der Waals surface area contributed by atoms with Gasteiger partial charge in [-0.15, -0.1) is 0 Å². The van der Waals surface area contributed by atoms with Gasteiger partial charge in [0.1, 0.15) is 17.3 Å². The van der Waals surface area contributed by atoms with E-state index in [1.165, 1.54) is 13.2 Å². The van der Waals surface area contributed by atoms with Crippen molar-refractivity contribution in [3.8, 4) is 5.75 Å². The SMILES string of the molecule is CCN(c1ccc(C(=O)O)cc1OC)[C@H]1Nc2nc(Cc3cccc(Br)c3)c(=O)[nH]c2[C@@H](C)N1. The summed E-state index contributed by atoms with van der Waals surface area (Å²) in [4.78, 5) is 33.8. The van der Waals surface area contributed by atoms with Crippen LogP contribution in [0.1, 0.15) is 47.2 Å². The van der Waals surface area contributed by atoms with E-state index in [1.807, 2.05) is 43.0 Å². The molecular formula is C24H26BrN5O4. The number of aromatic carboxylic acids is 1. The minimum atomic E-state index is -1.02. The topological polar surface area (TPSA) is 120 Å². The number of carboxylic acids is 1. The summed E-state index contributed by atoms with van der Waals surface area (Å²) >= 11 is 3.46. The number of carbonyl (C=O) groups is 1. The van der Waals surface area contributed by atoms with Gasteiger partial charge in [0.15, 0.2) is 6.29 Å². The van der Waals surface area contributed by atoms with E-state index >= 15 is 0 Å². The first-order valence-electron chi connectivity index (χ1n) is 10.9. The van der Waals surface area contributed by atoms with Crippen molar-refractivity contribution < 1.29 is 14.6 Å². The minimum absolute atomic E-state index is 0.149. The molecule has 4 N–H and O–H groups in total. The quantitative estimate of drug-likeness (QED) is 0.367. The third-order valence-corrected chi connectivity index (χ3v) is 6.27. The molecule has 10 heteroatoms. The molecule has 0 unspecified atom stereocenters. The molecule has 0 bridgehead atoms. The summed E-state index contributed by atoms with van der Waals surface area (Å²) in [5.74, 6) is 0.0319. The van der Waals surface area contributed by atoms with Crippen LogP contribution in [-0.4, -0.2) is 41.0 Å². The van der Waals surface area contributed by atoms with E-state index in [4.69, 9.17) is 4.74 Å². The van der Waals surface area contributed by atoms with Gasteiger partial charge >= 0.3 is 5.97 Å². The van der Waals surface area contributed by atoms with E-state index in [1.54, 1.807) is 12.1 Å². The Kier molecular flexibility index (Phi) is 6.90. The Hall–Kier alpha value is -3.37. The van der Waals surface area contributed by atoms with Gasteiger partial charge < -0.3 is 25.0 Å². The lowest BCUT2D eigenvalue weighted by Gasteiger charge is -2.40. The van der Waals surface area contributed by atoms with Crippen LogP contribution in [0.15, 0.2) is 51.7 Å². The van der Waals surface area contributed by atoms with Crippen molar-refractivity contribution in [2.75, 3.05) is 23.9 Å². The van der Waals surface area contributed by atoms with Gasteiger partial charge in [0.25, 0.3) is 5.56 Å². The van der Waals surface area contributed by atoms with E-state index in [9.17, 15) is 14.7 Å². The number of nitrogens with one attached hydrogen (secondary N) is 3. The van der Waals surface area contributed by atoms with E-state index in [0.717, 1.165) is 15.7 Å². The van der Waals surface area contributed by atoms with Crippen molar-refractivity contribution in [2.45, 2.75) is 32.6 Å². The molecule has 3 aromatic rings. The lowest BCUT2D eigenvalue weighted by atomic mass is 10.1. The van der Waals surface area contributed by atoms with Crippen LogP contribution in [0.3, 0.4) is 0 Å². The number of carboxylic acid groups (broad SMARTS) is 1. The van der Waals surface area contributed by atoms with Gasteiger partial charge in [-0.1, -0.05) is 28.1 Å². The monoisotopic (exact) mass is 527 g/mol. The van der Waals surface area contributed by atoms with Gasteiger partial charge in [-0.25, -0.2) is 9.78 Å². The maximum atomic E-state index is 12.7. The van der Waals surface area contributed by atoms with Gasteiger partial charge in [0.05, 0.1) is 30.1 Å². The van der Waals surface area contributed by atoms with Crippen molar-refractivity contribution >= 4 is 33.4 Å². The standard InChI is InChI=1S/C24H26BrN5O4/c1-4-30(18-9-8-15(23(32)33)12-19(18)34-3)24-26-13(2)20-21(29-24)27-17(22(31)28-20)11-14-6-5-7-16(25)10-14/h5-10,12-13,24,26H,4,11H2,1-3H3,(H,27,29)(H,28,31)(H,32,33)/t13-,24-/m1/s1. The molecule has 0 saturated carbocycles. The second kappa shape index (κ2) is 9.86. The molecule has 9 nitrogen and oxygen atoms in total. The lowest BCUT2D eigenvalue weighted by Crippen LogP contribution is -2.55. The fraction of sp³-hybridized carbons (Fsp3) is 0.292. The Morgan fingerprint density at radius 3 is 2.74 bits per heavy atom. The molecule has 0 fully saturated rings. The number of hydrogen-bond acceptors (Lipinski definition) is 7. The summed E-state index contributed by atoms with van der Waals surface area (Å²) in [6, 6.07) is 12.4. The van der Waals surface area contributed by atoms with Gasteiger partial charge in [0, 0.05) is 17.4 Å². The molecule has 2 aromatic carbocycles. The molecule has 1 aromatic heterocycles. The lowest BCUT2D eigenvalue weighted by molar-refractivity contribution is 0.0696. The summed E-state index contributed by atoms with van der Waals surface area (Å²) in [6.45, 7) is 4.55. The third kappa shape index (κ3) is 4.78. The highest BCUT2D eigenvalue weighted by atomic mass is 79.9. The van der Waals surface area contributed by atoms with E-state index < -0.39 is 5.97 Å². The van der Waals surface area contributed by atoms with Crippen molar-refractivity contribution in [3.63, 3.8) is 0 Å². The van der Waals surface area contributed by atoms with Crippen LogP contribution in [0.5, 0.6) is 5.75 Å². The number of halogens is 1. The zero-order valence-electron chi connectivity index (χ0n) is 19.1. The maximum absolute atomic E-state index is 12.7. The zero-order chi connectivity index (χ0) is 24.4. The number of benzene rings is 2. The molecule has 178 valence electrons. The molecule has 2 atom stereocenters. The molecular weight excluding hydrogens is 502 g/mol. The van der Waals surface area contributed by atoms with Crippen molar-refractivity contribution in [1.82, 2.24) is 15.3 Å². The molecule has 0 spiro atoms. The summed E-state index contributed by atoms with van der Waals surface area (Å²) < 4.78 is 6.43. The molecule has 0 aliphatic carbocycles. The number of methoxy groups -OCH3 is 1. The fourth-order valence-corrected chi connectivity index (χ4v) is 4.53. The van der Waals surface area contributed by atoms with Crippen LogP contribution in [0.4, 0.5) is 11.5 Å². The van der Waals surface area contributed by atoms with Gasteiger partial charge in [-0.05, 0) is 49.7 Å². The highest BCUT2D eigenvalue weighted by molar-refractivity contribution is 9.10. The average molecular weight is 528 g/mol. The summed E-state index contributed by atoms with van der Waals surface area (Å²) in [6.07, 6.45) is 0.0345. The van der Waals surface area contributed by atoms with Gasteiger partial charge in [-0.3, -0.25) is 10.1 Å². The van der Waals surface area contributed by atoms with Gasteiger partial charge in [0.2, 0.25) is 0 Å². The normalized spacial score (nSPS) is 16.9. The molecule has 34 heavy (non-hydrogen) atoms. The Bertz CT molecular complexity index is 1280. The number of nitrogens with zero attached hydrogens (tertiary/aromatic N) is 2. The highest BCUT2D eigenvalue weighted by Crippen LogP contribution is 2.33. The number of H-pyrrole nitrogens is 1. The zero-order valence-corrected chi connectivity index (χ0v) is 20.6. The summed E-state index contributed by atoms with van der Waals surface area (Å²) in [5, 5.41) is 16.1. The predicted octanol–water partition coefficient (Wildman–Crippen LogP) is 3.72. The first-order valence-corrected chi connectivity index (χ1v) is 11.7. The number of hydrogen-bond donors (Lipinski definition) is 4. The van der Waals surface area contributed by atoms with Crippen LogP contribution in [0.25, 0.3) is 0 Å². The smallest absolute Gasteiger partial charge is 0.335 e. The van der Waals surface area contributed by atoms with Crippen LogP contribution in [0, 0.1) is 0 Å². The number of fused-ring (bicyclic) bond motifs is 1. The Labute approximate surface area is 205 Å². The molecule has 1 aliphatic heterocycles. The van der Waals surface area contributed by atoms with Gasteiger partial charge in [-0.2, -0.15) is 0 Å². The van der Waals surface area contributed by atoms with Crippen LogP contribution in [0.2, 0.25) is 0 Å². The van der Waals surface area contributed by atoms with Crippen molar-refractivity contribution in [1.29, 1.82) is 0 Å². The first-order chi connectivity index (χ1) is 16.3. The van der Waals surface area contributed by atoms with E-state index in [0.29, 0.717) is 35.9 Å². The number of aromatic nitrogens is 2. The molecule has 0 saturated heterocycles. The van der Waals surface area contributed by atoms with Crippen molar-refractivity contribution in [2.24, 2.45) is 0 Å². The van der Waals surface area contributed by atoms with Crippen LogP contribution >= 0.6 is 15.9 Å².